The second kappa shape index (κ2) is 9.23. The van der Waals surface area contributed by atoms with Crippen molar-refractivity contribution >= 4 is 29.3 Å². The van der Waals surface area contributed by atoms with Crippen LogP contribution in [0.2, 0.25) is 0 Å². The number of hydrogen-bond acceptors (Lipinski definition) is 6. The number of carbonyl (C=O) groups excluding carboxylic acids is 2. The number of nitrogens with two attached hydrogens (primary N) is 1. The molecule has 0 atom stereocenters. The topological polar surface area (TPSA) is 116 Å². The number of nitrogens with zero attached hydrogens (tertiary/aromatic N) is 4. The number of primary amides is 1. The number of pyridine rings is 1. The summed E-state index contributed by atoms with van der Waals surface area (Å²) in [5.41, 5.74) is 7.75. The Balaban J connectivity index is 1.52. The van der Waals surface area contributed by atoms with Gasteiger partial charge in [-0.1, -0.05) is 36.0 Å². The van der Waals surface area contributed by atoms with Gasteiger partial charge in [-0.25, -0.2) is 0 Å². The van der Waals surface area contributed by atoms with Crippen molar-refractivity contribution in [3.8, 4) is 17.2 Å². The summed E-state index contributed by atoms with van der Waals surface area (Å²) >= 11 is 1.27. The third kappa shape index (κ3) is 4.78. The molecule has 0 fully saturated rings. The normalized spacial score (nSPS) is 10.6. The van der Waals surface area contributed by atoms with Crippen molar-refractivity contribution in [2.45, 2.75) is 5.16 Å². The number of hydrogen-bond donors (Lipinski definition) is 2. The highest BCUT2D eigenvalue weighted by molar-refractivity contribution is 7.99. The Morgan fingerprint density at radius 2 is 1.68 bits per heavy atom. The van der Waals surface area contributed by atoms with E-state index in [4.69, 9.17) is 5.73 Å². The lowest BCUT2D eigenvalue weighted by Crippen LogP contribution is -2.15. The Labute approximate surface area is 182 Å². The molecule has 4 aromatic rings. The van der Waals surface area contributed by atoms with E-state index in [1.54, 1.807) is 30.5 Å². The van der Waals surface area contributed by atoms with Crippen molar-refractivity contribution < 1.29 is 9.59 Å². The molecular formula is C22H18N6O2S. The van der Waals surface area contributed by atoms with Gasteiger partial charge in [0, 0.05) is 23.1 Å². The quantitative estimate of drug-likeness (QED) is 0.435. The molecule has 154 valence electrons. The molecular weight excluding hydrogens is 412 g/mol. The molecule has 0 saturated heterocycles. The fourth-order valence-corrected chi connectivity index (χ4v) is 3.63. The Hall–Kier alpha value is -3.98. The minimum absolute atomic E-state index is 0.130. The lowest BCUT2D eigenvalue weighted by molar-refractivity contribution is -0.113. The van der Waals surface area contributed by atoms with Gasteiger partial charge in [0.2, 0.25) is 11.8 Å². The minimum Gasteiger partial charge on any atom is -0.366 e. The van der Waals surface area contributed by atoms with Crippen LogP contribution < -0.4 is 11.1 Å². The monoisotopic (exact) mass is 430 g/mol. The average Bonchev–Trinajstić information content (AvgIpc) is 3.23. The highest BCUT2D eigenvalue weighted by atomic mass is 32.2. The second-order valence-electron chi connectivity index (χ2n) is 6.47. The zero-order valence-corrected chi connectivity index (χ0v) is 17.1. The molecule has 2 aromatic heterocycles. The van der Waals surface area contributed by atoms with E-state index < -0.39 is 5.91 Å². The molecule has 0 aliphatic rings. The summed E-state index contributed by atoms with van der Waals surface area (Å²) in [5, 5.41) is 12.0. The minimum atomic E-state index is -0.516. The van der Waals surface area contributed by atoms with Crippen molar-refractivity contribution in [2.75, 3.05) is 11.1 Å². The molecule has 9 heteroatoms. The van der Waals surface area contributed by atoms with Crippen LogP contribution in [0.5, 0.6) is 0 Å². The van der Waals surface area contributed by atoms with Gasteiger partial charge in [-0.05, 0) is 48.5 Å². The van der Waals surface area contributed by atoms with E-state index in [0.29, 0.717) is 27.9 Å². The Bertz CT molecular complexity index is 1190. The smallest absolute Gasteiger partial charge is 0.248 e. The zero-order chi connectivity index (χ0) is 21.6. The standard InChI is InChI=1S/C22H18N6O2S/c23-20(30)15-9-11-16(12-10-15)25-19(29)14-31-22-27-26-21(18-8-4-5-13-24-18)28(22)17-6-2-1-3-7-17/h1-13H,14H2,(H2,23,30)(H,25,29). The molecule has 0 bridgehead atoms. The van der Waals surface area contributed by atoms with Crippen LogP contribution in [0, 0.1) is 0 Å². The van der Waals surface area contributed by atoms with Crippen molar-refractivity contribution in [1.82, 2.24) is 19.7 Å². The molecule has 2 amide bonds. The van der Waals surface area contributed by atoms with Crippen molar-refractivity contribution in [3.63, 3.8) is 0 Å². The first-order chi connectivity index (χ1) is 15.1. The van der Waals surface area contributed by atoms with E-state index in [9.17, 15) is 9.59 Å². The fourth-order valence-electron chi connectivity index (χ4n) is 2.88. The Kier molecular flexibility index (Phi) is 6.04. The predicted molar refractivity (Wildman–Crippen MR) is 119 cm³/mol. The number of nitrogens with one attached hydrogen (secondary N) is 1. The summed E-state index contributed by atoms with van der Waals surface area (Å²) in [5.74, 6) is -0.00180. The van der Waals surface area contributed by atoms with E-state index in [1.807, 2.05) is 53.1 Å². The summed E-state index contributed by atoms with van der Waals surface area (Å²) in [6.07, 6.45) is 1.70. The van der Waals surface area contributed by atoms with Crippen LogP contribution in [0.4, 0.5) is 5.69 Å². The molecule has 0 spiro atoms. The molecule has 2 aromatic carbocycles. The van der Waals surface area contributed by atoms with Gasteiger partial charge in [0.15, 0.2) is 11.0 Å². The first-order valence-electron chi connectivity index (χ1n) is 9.36. The fraction of sp³-hybridized carbons (Fsp3) is 0.0455. The predicted octanol–water partition coefficient (Wildman–Crippen LogP) is 3.16. The third-order valence-corrected chi connectivity index (χ3v) is 5.26. The van der Waals surface area contributed by atoms with Crippen molar-refractivity contribution in [2.24, 2.45) is 5.73 Å². The highest BCUT2D eigenvalue weighted by Crippen LogP contribution is 2.27. The molecule has 8 nitrogen and oxygen atoms in total. The maximum Gasteiger partial charge on any atom is 0.248 e. The number of amides is 2. The van der Waals surface area contributed by atoms with Gasteiger partial charge in [-0.2, -0.15) is 0 Å². The van der Waals surface area contributed by atoms with Crippen molar-refractivity contribution in [1.29, 1.82) is 0 Å². The maximum absolute atomic E-state index is 12.4. The molecule has 0 saturated carbocycles. The average molecular weight is 430 g/mol. The van der Waals surface area contributed by atoms with Gasteiger partial charge >= 0.3 is 0 Å². The summed E-state index contributed by atoms with van der Waals surface area (Å²) in [6.45, 7) is 0. The van der Waals surface area contributed by atoms with Crippen LogP contribution in [0.25, 0.3) is 17.2 Å². The largest absolute Gasteiger partial charge is 0.366 e. The van der Waals surface area contributed by atoms with Crippen LogP contribution >= 0.6 is 11.8 Å². The maximum atomic E-state index is 12.4. The van der Waals surface area contributed by atoms with Crippen LogP contribution in [0.3, 0.4) is 0 Å². The van der Waals surface area contributed by atoms with Crippen molar-refractivity contribution in [3.05, 3.63) is 84.6 Å². The van der Waals surface area contributed by atoms with E-state index in [2.05, 4.69) is 20.5 Å². The molecule has 3 N–H and O–H groups in total. The number of anilines is 1. The van der Waals surface area contributed by atoms with Crippen LogP contribution in [-0.4, -0.2) is 37.3 Å². The molecule has 0 aliphatic carbocycles. The van der Waals surface area contributed by atoms with E-state index >= 15 is 0 Å². The number of rotatable bonds is 7. The van der Waals surface area contributed by atoms with Crippen LogP contribution in [0.1, 0.15) is 10.4 Å². The molecule has 4 rings (SSSR count). The van der Waals surface area contributed by atoms with E-state index in [1.165, 1.54) is 11.8 Å². The van der Waals surface area contributed by atoms with E-state index in [-0.39, 0.29) is 11.7 Å². The van der Waals surface area contributed by atoms with Crippen LogP contribution in [0.15, 0.2) is 84.1 Å². The number of carbonyl (C=O) groups is 2. The summed E-state index contributed by atoms with van der Waals surface area (Å²) in [4.78, 5) is 28.0. The summed E-state index contributed by atoms with van der Waals surface area (Å²) < 4.78 is 1.88. The molecule has 0 radical (unpaired) electrons. The molecule has 2 heterocycles. The lowest BCUT2D eigenvalue weighted by Gasteiger charge is -2.10. The number of aromatic nitrogens is 4. The lowest BCUT2D eigenvalue weighted by atomic mass is 10.2. The Morgan fingerprint density at radius 3 is 2.35 bits per heavy atom. The van der Waals surface area contributed by atoms with Crippen LogP contribution in [-0.2, 0) is 4.79 Å². The summed E-state index contributed by atoms with van der Waals surface area (Å²) in [6, 6.07) is 21.6. The third-order valence-electron chi connectivity index (χ3n) is 4.33. The number of para-hydroxylation sites is 1. The molecule has 0 unspecified atom stereocenters. The SMILES string of the molecule is NC(=O)c1ccc(NC(=O)CSc2nnc(-c3ccccn3)n2-c2ccccc2)cc1. The van der Waals surface area contributed by atoms with Gasteiger partial charge in [0.25, 0.3) is 0 Å². The number of thioether (sulfide) groups is 1. The van der Waals surface area contributed by atoms with Gasteiger partial charge in [-0.3, -0.25) is 19.1 Å². The van der Waals surface area contributed by atoms with E-state index in [0.717, 1.165) is 5.69 Å². The van der Waals surface area contributed by atoms with Gasteiger partial charge in [-0.15, -0.1) is 10.2 Å². The van der Waals surface area contributed by atoms with Gasteiger partial charge in [0.1, 0.15) is 5.69 Å². The van der Waals surface area contributed by atoms with Gasteiger partial charge in [0.05, 0.1) is 5.75 Å². The first-order valence-corrected chi connectivity index (χ1v) is 10.3. The molecule has 0 aliphatic heterocycles. The highest BCUT2D eigenvalue weighted by Gasteiger charge is 2.18. The zero-order valence-electron chi connectivity index (χ0n) is 16.3. The Morgan fingerprint density at radius 1 is 0.935 bits per heavy atom. The molecule has 31 heavy (non-hydrogen) atoms. The number of benzene rings is 2. The second-order valence-corrected chi connectivity index (χ2v) is 7.41. The first kappa shape index (κ1) is 20.3. The van der Waals surface area contributed by atoms with Gasteiger partial charge < -0.3 is 11.1 Å². The summed E-state index contributed by atoms with van der Waals surface area (Å²) in [7, 11) is 0.